The highest BCUT2D eigenvalue weighted by Crippen LogP contribution is 2.21. The first-order valence-electron chi connectivity index (χ1n) is 5.72. The SMILES string of the molecule is Clc1ccc(Br)c(CCNC2=NCCCN2)c1. The molecule has 1 aromatic rings. The number of hydrogen-bond acceptors (Lipinski definition) is 3. The van der Waals surface area contributed by atoms with E-state index in [0.29, 0.717) is 0 Å². The Labute approximate surface area is 115 Å². The molecule has 0 spiro atoms. The molecule has 0 saturated carbocycles. The van der Waals surface area contributed by atoms with Gasteiger partial charge in [0.05, 0.1) is 0 Å². The lowest BCUT2D eigenvalue weighted by Crippen LogP contribution is -2.41. The van der Waals surface area contributed by atoms with E-state index in [4.69, 9.17) is 11.6 Å². The second-order valence-electron chi connectivity index (χ2n) is 3.92. The van der Waals surface area contributed by atoms with Gasteiger partial charge in [0, 0.05) is 29.1 Å². The van der Waals surface area contributed by atoms with E-state index in [2.05, 4.69) is 31.6 Å². The van der Waals surface area contributed by atoms with Gasteiger partial charge >= 0.3 is 0 Å². The van der Waals surface area contributed by atoms with Crippen LogP contribution in [0.15, 0.2) is 27.7 Å². The van der Waals surface area contributed by atoms with E-state index < -0.39 is 0 Å². The van der Waals surface area contributed by atoms with Crippen LogP contribution < -0.4 is 10.6 Å². The van der Waals surface area contributed by atoms with Crippen molar-refractivity contribution in [3.8, 4) is 0 Å². The molecule has 0 fully saturated rings. The van der Waals surface area contributed by atoms with E-state index in [1.807, 2.05) is 18.2 Å². The maximum atomic E-state index is 5.97. The Balaban J connectivity index is 1.85. The Morgan fingerprint density at radius 1 is 1.47 bits per heavy atom. The summed E-state index contributed by atoms with van der Waals surface area (Å²) in [6, 6.07) is 5.85. The second kappa shape index (κ2) is 6.26. The third-order valence-electron chi connectivity index (χ3n) is 2.59. The number of benzene rings is 1. The Morgan fingerprint density at radius 2 is 2.35 bits per heavy atom. The van der Waals surface area contributed by atoms with Crippen molar-refractivity contribution >= 4 is 33.5 Å². The zero-order valence-electron chi connectivity index (χ0n) is 9.47. The zero-order chi connectivity index (χ0) is 12.1. The smallest absolute Gasteiger partial charge is 0.191 e. The minimum absolute atomic E-state index is 0.774. The summed E-state index contributed by atoms with van der Waals surface area (Å²) in [4.78, 5) is 4.36. The van der Waals surface area contributed by atoms with E-state index in [1.165, 1.54) is 5.56 Å². The van der Waals surface area contributed by atoms with Crippen LogP contribution in [0, 0.1) is 0 Å². The maximum Gasteiger partial charge on any atom is 0.191 e. The van der Waals surface area contributed by atoms with Crippen LogP contribution in [-0.2, 0) is 6.42 Å². The minimum atomic E-state index is 0.774. The largest absolute Gasteiger partial charge is 0.356 e. The summed E-state index contributed by atoms with van der Waals surface area (Å²) in [5, 5.41) is 7.30. The van der Waals surface area contributed by atoms with Crippen molar-refractivity contribution in [2.24, 2.45) is 4.99 Å². The number of nitrogens with zero attached hydrogens (tertiary/aromatic N) is 1. The lowest BCUT2D eigenvalue weighted by atomic mass is 10.1. The van der Waals surface area contributed by atoms with Gasteiger partial charge in [-0.05, 0) is 36.6 Å². The third-order valence-corrected chi connectivity index (χ3v) is 3.60. The molecule has 17 heavy (non-hydrogen) atoms. The van der Waals surface area contributed by atoms with Crippen LogP contribution in [0.25, 0.3) is 0 Å². The number of aliphatic imine (C=N–C) groups is 1. The minimum Gasteiger partial charge on any atom is -0.356 e. The monoisotopic (exact) mass is 315 g/mol. The van der Waals surface area contributed by atoms with E-state index in [1.54, 1.807) is 0 Å². The number of halogens is 2. The molecule has 1 aromatic carbocycles. The molecule has 0 saturated heterocycles. The molecule has 1 aliphatic rings. The van der Waals surface area contributed by atoms with Gasteiger partial charge in [0.15, 0.2) is 5.96 Å². The van der Waals surface area contributed by atoms with Gasteiger partial charge in [0.1, 0.15) is 0 Å². The van der Waals surface area contributed by atoms with Crippen molar-refractivity contribution in [2.75, 3.05) is 19.6 Å². The van der Waals surface area contributed by atoms with E-state index >= 15 is 0 Å². The zero-order valence-corrected chi connectivity index (χ0v) is 11.8. The summed E-state index contributed by atoms with van der Waals surface area (Å²) < 4.78 is 1.10. The van der Waals surface area contributed by atoms with Crippen LogP contribution >= 0.6 is 27.5 Å². The summed E-state index contributed by atoms with van der Waals surface area (Å²) in [6.07, 6.45) is 2.03. The summed E-state index contributed by atoms with van der Waals surface area (Å²) in [7, 11) is 0. The Hall–Kier alpha value is -0.740. The molecule has 0 aromatic heterocycles. The first-order valence-corrected chi connectivity index (χ1v) is 6.89. The van der Waals surface area contributed by atoms with Gasteiger partial charge in [0.2, 0.25) is 0 Å². The van der Waals surface area contributed by atoms with Crippen molar-refractivity contribution in [2.45, 2.75) is 12.8 Å². The third kappa shape index (κ3) is 3.89. The molecule has 0 radical (unpaired) electrons. The molecule has 2 N–H and O–H groups in total. The van der Waals surface area contributed by atoms with Gasteiger partial charge in [-0.3, -0.25) is 4.99 Å². The van der Waals surface area contributed by atoms with Crippen LogP contribution in [0.2, 0.25) is 5.02 Å². The highest BCUT2D eigenvalue weighted by molar-refractivity contribution is 9.10. The molecule has 3 nitrogen and oxygen atoms in total. The first kappa shape index (κ1) is 12.7. The van der Waals surface area contributed by atoms with Crippen LogP contribution in [0.3, 0.4) is 0 Å². The maximum absolute atomic E-state index is 5.97. The quantitative estimate of drug-likeness (QED) is 0.899. The van der Waals surface area contributed by atoms with Crippen molar-refractivity contribution in [3.05, 3.63) is 33.3 Å². The summed E-state index contributed by atoms with van der Waals surface area (Å²) in [6.45, 7) is 2.77. The fraction of sp³-hybridized carbons (Fsp3) is 0.417. The molecule has 5 heteroatoms. The van der Waals surface area contributed by atoms with Gasteiger partial charge < -0.3 is 10.6 Å². The average Bonchev–Trinajstić information content (AvgIpc) is 2.35. The highest BCUT2D eigenvalue weighted by atomic mass is 79.9. The molecule has 0 atom stereocenters. The highest BCUT2D eigenvalue weighted by Gasteiger charge is 2.04. The van der Waals surface area contributed by atoms with Gasteiger partial charge in [-0.25, -0.2) is 0 Å². The molecular formula is C12H15BrClN3. The average molecular weight is 317 g/mol. The van der Waals surface area contributed by atoms with Crippen LogP contribution in [0.5, 0.6) is 0 Å². The lowest BCUT2D eigenvalue weighted by Gasteiger charge is -2.16. The predicted molar refractivity (Wildman–Crippen MR) is 75.8 cm³/mol. The van der Waals surface area contributed by atoms with Crippen molar-refractivity contribution in [1.82, 2.24) is 10.6 Å². The lowest BCUT2D eigenvalue weighted by molar-refractivity contribution is 0.700. The van der Waals surface area contributed by atoms with Gasteiger partial charge in [-0.2, -0.15) is 0 Å². The van der Waals surface area contributed by atoms with Gasteiger partial charge in [0.25, 0.3) is 0 Å². The van der Waals surface area contributed by atoms with Gasteiger partial charge in [-0.15, -0.1) is 0 Å². The Kier molecular flexibility index (Phi) is 4.68. The number of hydrogen-bond donors (Lipinski definition) is 2. The van der Waals surface area contributed by atoms with Crippen LogP contribution in [0.1, 0.15) is 12.0 Å². The molecule has 0 aliphatic carbocycles. The molecule has 0 amide bonds. The topological polar surface area (TPSA) is 36.4 Å². The summed E-state index contributed by atoms with van der Waals surface area (Å²) in [5.41, 5.74) is 1.21. The number of rotatable bonds is 3. The van der Waals surface area contributed by atoms with Crippen molar-refractivity contribution in [1.29, 1.82) is 0 Å². The fourth-order valence-electron chi connectivity index (χ4n) is 1.70. The standard InChI is InChI=1S/C12H15BrClN3/c13-11-3-2-10(14)8-9(11)4-7-17-12-15-5-1-6-16-12/h2-3,8H,1,4-7H2,(H2,15,16,17). The van der Waals surface area contributed by atoms with E-state index in [-0.39, 0.29) is 0 Å². The molecular weight excluding hydrogens is 302 g/mol. The van der Waals surface area contributed by atoms with Crippen LogP contribution in [-0.4, -0.2) is 25.6 Å². The predicted octanol–water partition coefficient (Wildman–Crippen LogP) is 2.58. The molecule has 1 aliphatic heterocycles. The first-order chi connectivity index (χ1) is 8.25. The fourth-order valence-corrected chi connectivity index (χ4v) is 2.34. The second-order valence-corrected chi connectivity index (χ2v) is 5.21. The molecule has 0 bridgehead atoms. The Bertz CT molecular complexity index is 420. The summed E-state index contributed by atoms with van der Waals surface area (Å²) >= 11 is 9.49. The van der Waals surface area contributed by atoms with Crippen molar-refractivity contribution < 1.29 is 0 Å². The normalized spacial score (nSPS) is 15.1. The molecule has 0 unspecified atom stereocenters. The molecule has 1 heterocycles. The van der Waals surface area contributed by atoms with E-state index in [0.717, 1.165) is 47.9 Å². The van der Waals surface area contributed by atoms with Gasteiger partial charge in [-0.1, -0.05) is 27.5 Å². The Morgan fingerprint density at radius 3 is 3.12 bits per heavy atom. The molecule has 2 rings (SSSR count). The summed E-state index contributed by atoms with van der Waals surface area (Å²) in [5.74, 6) is 0.911. The van der Waals surface area contributed by atoms with E-state index in [9.17, 15) is 0 Å². The van der Waals surface area contributed by atoms with Crippen LogP contribution in [0.4, 0.5) is 0 Å². The van der Waals surface area contributed by atoms with Crippen molar-refractivity contribution in [3.63, 3.8) is 0 Å². The number of nitrogens with one attached hydrogen (secondary N) is 2. The number of guanidine groups is 1. The molecule has 92 valence electrons.